The molecule has 1 N–H and O–H groups in total. The molecule has 0 amide bonds. The minimum atomic E-state index is -0.276. The van der Waals surface area contributed by atoms with Crippen LogP contribution in [0.1, 0.15) is 72.1 Å². The molecular weight excluding hydrogens is 273 g/mol. The Morgan fingerprint density at radius 1 is 1.14 bits per heavy atom. The standard InChI is InChI=1S/C15H22BNO2.C3H8/c1-10-13-7-6-12(8-11(13)9-17-10)16-18-14(2,3)15(4,5)19-16;1-3-2/h6-8,10,17H,9H2,1-5H3;3H2,1-2H3. The first-order valence-corrected chi connectivity index (χ1v) is 8.43. The second kappa shape index (κ2) is 6.35. The number of rotatable bonds is 1. The van der Waals surface area contributed by atoms with Crippen LogP contribution in [-0.4, -0.2) is 18.3 Å². The lowest BCUT2D eigenvalue weighted by Gasteiger charge is -2.32. The highest BCUT2D eigenvalue weighted by Crippen LogP contribution is 2.36. The van der Waals surface area contributed by atoms with E-state index in [1.165, 1.54) is 17.5 Å². The Morgan fingerprint density at radius 2 is 1.68 bits per heavy atom. The SMILES string of the molecule is CC1NCc2cc(B3OC(C)(C)C(C)(C)O3)ccc21.CCC. The van der Waals surface area contributed by atoms with Crippen molar-refractivity contribution in [3.8, 4) is 0 Å². The molecule has 1 aromatic rings. The molecule has 0 aromatic heterocycles. The summed E-state index contributed by atoms with van der Waals surface area (Å²) < 4.78 is 12.2. The first-order valence-electron chi connectivity index (χ1n) is 8.43. The summed E-state index contributed by atoms with van der Waals surface area (Å²) in [5.41, 5.74) is 3.32. The lowest BCUT2D eigenvalue weighted by molar-refractivity contribution is 0.00578. The first-order chi connectivity index (χ1) is 10.2. The van der Waals surface area contributed by atoms with Crippen LogP contribution in [0, 0.1) is 0 Å². The predicted octanol–water partition coefficient (Wildman–Crippen LogP) is 3.57. The number of hydrogen-bond acceptors (Lipinski definition) is 3. The third-order valence-corrected chi connectivity index (χ3v) is 4.76. The molecule has 2 aliphatic heterocycles. The second-order valence-corrected chi connectivity index (χ2v) is 7.36. The number of nitrogens with one attached hydrogen (secondary N) is 1. The summed E-state index contributed by atoms with van der Waals surface area (Å²) in [7, 11) is -0.258. The zero-order chi connectivity index (χ0) is 16.5. The van der Waals surface area contributed by atoms with Gasteiger partial charge in [-0.25, -0.2) is 0 Å². The van der Waals surface area contributed by atoms with Gasteiger partial charge in [-0.15, -0.1) is 0 Å². The molecule has 0 saturated carbocycles. The average Bonchev–Trinajstić information content (AvgIpc) is 2.89. The number of hydrogen-bond donors (Lipinski definition) is 1. The Hall–Kier alpha value is -0.835. The highest BCUT2D eigenvalue weighted by Gasteiger charge is 2.51. The van der Waals surface area contributed by atoms with Crippen molar-refractivity contribution in [2.24, 2.45) is 0 Å². The van der Waals surface area contributed by atoms with Gasteiger partial charge in [-0.1, -0.05) is 38.5 Å². The van der Waals surface area contributed by atoms with Crippen molar-refractivity contribution in [3.05, 3.63) is 29.3 Å². The summed E-state index contributed by atoms with van der Waals surface area (Å²) >= 11 is 0. The van der Waals surface area contributed by atoms with Crippen LogP contribution in [0.2, 0.25) is 0 Å². The highest BCUT2D eigenvalue weighted by atomic mass is 16.7. The Labute approximate surface area is 135 Å². The van der Waals surface area contributed by atoms with Gasteiger partial charge in [-0.2, -0.15) is 0 Å². The van der Waals surface area contributed by atoms with E-state index in [1.807, 2.05) is 0 Å². The Morgan fingerprint density at radius 3 is 2.23 bits per heavy atom. The van der Waals surface area contributed by atoms with Crippen LogP contribution in [0.3, 0.4) is 0 Å². The summed E-state index contributed by atoms with van der Waals surface area (Å²) in [6.45, 7) is 15.7. The van der Waals surface area contributed by atoms with Crippen molar-refractivity contribution < 1.29 is 9.31 Å². The van der Waals surface area contributed by atoms with Crippen molar-refractivity contribution in [1.29, 1.82) is 0 Å². The van der Waals surface area contributed by atoms with Crippen LogP contribution in [0.25, 0.3) is 0 Å². The lowest BCUT2D eigenvalue weighted by Crippen LogP contribution is -2.41. The maximum absolute atomic E-state index is 6.09. The van der Waals surface area contributed by atoms with Gasteiger partial charge in [0.25, 0.3) is 0 Å². The molecule has 2 heterocycles. The van der Waals surface area contributed by atoms with Gasteiger partial charge in [0.05, 0.1) is 11.2 Å². The van der Waals surface area contributed by atoms with Gasteiger partial charge in [-0.05, 0) is 51.2 Å². The summed E-state index contributed by atoms with van der Waals surface area (Å²) in [6, 6.07) is 6.99. The lowest BCUT2D eigenvalue weighted by atomic mass is 9.77. The summed E-state index contributed by atoms with van der Waals surface area (Å²) in [5.74, 6) is 0. The van der Waals surface area contributed by atoms with Gasteiger partial charge in [0.1, 0.15) is 0 Å². The second-order valence-electron chi connectivity index (χ2n) is 7.36. The van der Waals surface area contributed by atoms with E-state index >= 15 is 0 Å². The van der Waals surface area contributed by atoms with Crippen molar-refractivity contribution in [2.75, 3.05) is 0 Å². The van der Waals surface area contributed by atoms with Crippen LogP contribution >= 0.6 is 0 Å². The fourth-order valence-corrected chi connectivity index (χ4v) is 2.70. The van der Waals surface area contributed by atoms with E-state index in [9.17, 15) is 0 Å². The molecule has 1 unspecified atom stereocenters. The fraction of sp³-hybridized carbons (Fsp3) is 0.667. The third kappa shape index (κ3) is 3.24. The van der Waals surface area contributed by atoms with Crippen molar-refractivity contribution in [2.45, 2.75) is 78.7 Å². The van der Waals surface area contributed by atoms with E-state index in [1.54, 1.807) is 0 Å². The highest BCUT2D eigenvalue weighted by molar-refractivity contribution is 6.62. The Balaban J connectivity index is 0.000000545. The van der Waals surface area contributed by atoms with Gasteiger partial charge in [0, 0.05) is 12.6 Å². The van der Waals surface area contributed by atoms with Gasteiger partial charge in [0.2, 0.25) is 0 Å². The maximum atomic E-state index is 6.09. The van der Waals surface area contributed by atoms with Gasteiger partial charge in [0.15, 0.2) is 0 Å². The van der Waals surface area contributed by atoms with E-state index in [0.29, 0.717) is 6.04 Å². The van der Waals surface area contributed by atoms with Gasteiger partial charge < -0.3 is 14.6 Å². The van der Waals surface area contributed by atoms with Gasteiger partial charge in [-0.3, -0.25) is 0 Å². The topological polar surface area (TPSA) is 30.5 Å². The van der Waals surface area contributed by atoms with E-state index in [2.05, 4.69) is 72.0 Å². The predicted molar refractivity (Wildman–Crippen MR) is 93.4 cm³/mol. The third-order valence-electron chi connectivity index (χ3n) is 4.76. The quantitative estimate of drug-likeness (QED) is 0.805. The molecule has 4 heteroatoms. The molecule has 0 bridgehead atoms. The van der Waals surface area contributed by atoms with Crippen molar-refractivity contribution in [1.82, 2.24) is 5.32 Å². The Kier molecular flexibility index (Phi) is 5.05. The largest absolute Gasteiger partial charge is 0.494 e. The smallest absolute Gasteiger partial charge is 0.399 e. The minimum absolute atomic E-state index is 0.258. The maximum Gasteiger partial charge on any atom is 0.494 e. The first kappa shape index (κ1) is 17.5. The molecule has 0 radical (unpaired) electrons. The molecule has 2 aliphatic rings. The molecule has 122 valence electrons. The summed E-state index contributed by atoms with van der Waals surface area (Å²) in [5, 5.41) is 3.45. The molecule has 1 aromatic carbocycles. The number of fused-ring (bicyclic) bond motifs is 1. The Bertz CT molecular complexity index is 512. The molecule has 3 rings (SSSR count). The van der Waals surface area contributed by atoms with Crippen molar-refractivity contribution >= 4 is 12.6 Å². The minimum Gasteiger partial charge on any atom is -0.399 e. The summed E-state index contributed by atoms with van der Waals surface area (Å²) in [6.07, 6.45) is 1.25. The molecular formula is C18H30BNO2. The van der Waals surface area contributed by atoms with Crippen LogP contribution in [0.4, 0.5) is 0 Å². The van der Waals surface area contributed by atoms with Crippen LogP contribution in [-0.2, 0) is 15.9 Å². The van der Waals surface area contributed by atoms with Crippen LogP contribution < -0.4 is 10.8 Å². The zero-order valence-corrected chi connectivity index (χ0v) is 15.1. The monoisotopic (exact) mass is 303 g/mol. The molecule has 0 aliphatic carbocycles. The average molecular weight is 303 g/mol. The van der Waals surface area contributed by atoms with E-state index in [4.69, 9.17) is 9.31 Å². The van der Waals surface area contributed by atoms with E-state index < -0.39 is 0 Å². The fourth-order valence-electron chi connectivity index (χ4n) is 2.70. The normalized spacial score (nSPS) is 24.7. The van der Waals surface area contributed by atoms with E-state index in [0.717, 1.165) is 12.0 Å². The van der Waals surface area contributed by atoms with E-state index in [-0.39, 0.29) is 18.3 Å². The van der Waals surface area contributed by atoms with Crippen LogP contribution in [0.5, 0.6) is 0 Å². The summed E-state index contributed by atoms with van der Waals surface area (Å²) in [4.78, 5) is 0. The molecule has 1 fully saturated rings. The van der Waals surface area contributed by atoms with Gasteiger partial charge >= 0.3 is 7.12 Å². The molecule has 3 nitrogen and oxygen atoms in total. The zero-order valence-electron chi connectivity index (χ0n) is 15.1. The van der Waals surface area contributed by atoms with Crippen LogP contribution in [0.15, 0.2) is 18.2 Å². The molecule has 22 heavy (non-hydrogen) atoms. The molecule has 0 spiro atoms. The number of benzene rings is 1. The molecule has 1 atom stereocenters. The van der Waals surface area contributed by atoms with Crippen molar-refractivity contribution in [3.63, 3.8) is 0 Å². The molecule has 1 saturated heterocycles.